The maximum atomic E-state index is 5.38. The van der Waals surface area contributed by atoms with Crippen molar-refractivity contribution in [3.05, 3.63) is 0 Å². The molecule has 25 heavy (non-hydrogen) atoms. The van der Waals surface area contributed by atoms with Crippen LogP contribution in [-0.2, 0) is 4.74 Å². The molecule has 2 rings (SSSR count). The van der Waals surface area contributed by atoms with E-state index in [4.69, 9.17) is 9.73 Å². The summed E-state index contributed by atoms with van der Waals surface area (Å²) in [6.45, 7) is 15.9. The van der Waals surface area contributed by atoms with Crippen LogP contribution in [0.25, 0.3) is 0 Å². The van der Waals surface area contributed by atoms with Gasteiger partial charge in [-0.15, -0.1) is 24.0 Å². The van der Waals surface area contributed by atoms with E-state index in [0.717, 1.165) is 77.3 Å². The highest BCUT2D eigenvalue weighted by atomic mass is 127. The highest BCUT2D eigenvalue weighted by Crippen LogP contribution is 2.14. The summed E-state index contributed by atoms with van der Waals surface area (Å²) in [4.78, 5) is 9.76. The van der Waals surface area contributed by atoms with Crippen LogP contribution in [0.2, 0.25) is 0 Å². The lowest BCUT2D eigenvalue weighted by Crippen LogP contribution is -2.43. The number of hydrogen-bond acceptors (Lipinski definition) is 4. The molecule has 0 bridgehead atoms. The number of aliphatic imine (C=N–C) groups is 1. The summed E-state index contributed by atoms with van der Waals surface area (Å²) in [5, 5.41) is 6.84. The highest BCUT2D eigenvalue weighted by Gasteiger charge is 2.15. The quantitative estimate of drug-likeness (QED) is 0.246. The molecule has 0 amide bonds. The molecule has 1 atom stereocenters. The predicted molar refractivity (Wildman–Crippen MR) is 116 cm³/mol. The molecule has 2 aliphatic heterocycles. The Morgan fingerprint density at radius 3 is 2.64 bits per heavy atom. The Balaban J connectivity index is 0.00000312. The van der Waals surface area contributed by atoms with Crippen molar-refractivity contribution in [1.29, 1.82) is 0 Å². The molecule has 0 spiro atoms. The van der Waals surface area contributed by atoms with Crippen molar-refractivity contribution in [3.8, 4) is 0 Å². The highest BCUT2D eigenvalue weighted by molar-refractivity contribution is 14.0. The molecule has 1 unspecified atom stereocenters. The molecule has 0 aliphatic carbocycles. The van der Waals surface area contributed by atoms with Crippen LogP contribution in [-0.4, -0.2) is 87.9 Å². The zero-order chi connectivity index (χ0) is 17.0. The molecular formula is C18H38IN5O. The van der Waals surface area contributed by atoms with Gasteiger partial charge in [0, 0.05) is 52.4 Å². The fourth-order valence-electron chi connectivity index (χ4n) is 3.47. The second kappa shape index (κ2) is 14.0. The van der Waals surface area contributed by atoms with E-state index in [0.29, 0.717) is 0 Å². The topological polar surface area (TPSA) is 52.1 Å². The van der Waals surface area contributed by atoms with E-state index in [-0.39, 0.29) is 24.0 Å². The number of guanidine groups is 1. The number of hydrogen-bond donors (Lipinski definition) is 2. The lowest BCUT2D eigenvalue weighted by Gasteiger charge is -2.30. The van der Waals surface area contributed by atoms with Crippen LogP contribution in [0.5, 0.6) is 0 Å². The van der Waals surface area contributed by atoms with Crippen LogP contribution >= 0.6 is 24.0 Å². The molecular weight excluding hydrogens is 429 g/mol. The van der Waals surface area contributed by atoms with Gasteiger partial charge >= 0.3 is 0 Å². The van der Waals surface area contributed by atoms with Gasteiger partial charge < -0.3 is 20.3 Å². The number of halogens is 1. The average molecular weight is 467 g/mol. The normalized spacial score (nSPS) is 23.1. The molecule has 2 N–H and O–H groups in total. The fraction of sp³-hybridized carbons (Fsp3) is 0.944. The molecule has 6 nitrogen and oxygen atoms in total. The number of morpholine rings is 1. The summed E-state index contributed by atoms with van der Waals surface area (Å²) in [6.07, 6.45) is 3.84. The van der Waals surface area contributed by atoms with Gasteiger partial charge in [0.05, 0.1) is 13.2 Å². The lowest BCUT2D eigenvalue weighted by molar-refractivity contribution is 0.0377. The lowest BCUT2D eigenvalue weighted by atomic mass is 10.0. The summed E-state index contributed by atoms with van der Waals surface area (Å²) < 4.78 is 5.38. The summed E-state index contributed by atoms with van der Waals surface area (Å²) in [5.74, 6) is 1.81. The van der Waals surface area contributed by atoms with Crippen molar-refractivity contribution in [2.75, 3.05) is 72.1 Å². The average Bonchev–Trinajstić information content (AvgIpc) is 2.59. The Morgan fingerprint density at radius 2 is 1.92 bits per heavy atom. The molecule has 0 aromatic carbocycles. The molecule has 2 aliphatic rings. The van der Waals surface area contributed by atoms with Crippen molar-refractivity contribution >= 4 is 29.9 Å². The van der Waals surface area contributed by atoms with Crippen LogP contribution in [0.15, 0.2) is 4.99 Å². The number of nitrogens with one attached hydrogen (secondary N) is 2. The van der Waals surface area contributed by atoms with Crippen LogP contribution in [0.4, 0.5) is 0 Å². The Kier molecular flexibility index (Phi) is 12.8. The summed E-state index contributed by atoms with van der Waals surface area (Å²) in [5.41, 5.74) is 0. The maximum absolute atomic E-state index is 5.38. The van der Waals surface area contributed by atoms with Crippen LogP contribution < -0.4 is 10.6 Å². The van der Waals surface area contributed by atoms with E-state index in [2.05, 4.69) is 34.3 Å². The van der Waals surface area contributed by atoms with E-state index in [1.54, 1.807) is 0 Å². The van der Waals surface area contributed by atoms with Crippen molar-refractivity contribution in [1.82, 2.24) is 20.4 Å². The number of rotatable bonds is 8. The molecule has 0 aromatic heterocycles. The van der Waals surface area contributed by atoms with Gasteiger partial charge in [0.25, 0.3) is 0 Å². The summed E-state index contributed by atoms with van der Waals surface area (Å²) in [7, 11) is 0. The molecule has 2 saturated heterocycles. The number of nitrogens with zero attached hydrogens (tertiary/aromatic N) is 3. The minimum absolute atomic E-state index is 0. The predicted octanol–water partition coefficient (Wildman–Crippen LogP) is 1.61. The fourth-order valence-corrected chi connectivity index (χ4v) is 3.47. The van der Waals surface area contributed by atoms with Crippen molar-refractivity contribution in [2.45, 2.75) is 33.1 Å². The summed E-state index contributed by atoms with van der Waals surface area (Å²) in [6, 6.07) is 0. The van der Waals surface area contributed by atoms with Crippen molar-refractivity contribution in [3.63, 3.8) is 0 Å². The Bertz CT molecular complexity index is 363. The van der Waals surface area contributed by atoms with E-state index in [1.165, 1.54) is 25.9 Å². The van der Waals surface area contributed by atoms with Gasteiger partial charge in [-0.2, -0.15) is 0 Å². The van der Waals surface area contributed by atoms with E-state index in [9.17, 15) is 0 Å². The second-order valence-corrected chi connectivity index (χ2v) is 7.04. The van der Waals surface area contributed by atoms with E-state index in [1.807, 2.05) is 0 Å². The largest absolute Gasteiger partial charge is 0.379 e. The second-order valence-electron chi connectivity index (χ2n) is 7.04. The van der Waals surface area contributed by atoms with E-state index >= 15 is 0 Å². The number of ether oxygens (including phenoxy) is 1. The van der Waals surface area contributed by atoms with Crippen LogP contribution in [0, 0.1) is 5.92 Å². The van der Waals surface area contributed by atoms with Crippen LogP contribution in [0.1, 0.15) is 33.1 Å². The van der Waals surface area contributed by atoms with Crippen molar-refractivity contribution < 1.29 is 4.74 Å². The first kappa shape index (κ1) is 22.9. The first-order chi connectivity index (χ1) is 11.8. The maximum Gasteiger partial charge on any atom is 0.191 e. The zero-order valence-corrected chi connectivity index (χ0v) is 18.5. The monoisotopic (exact) mass is 467 g/mol. The van der Waals surface area contributed by atoms with Gasteiger partial charge in [0.15, 0.2) is 5.96 Å². The SMILES string of the molecule is CCNC(=NCCCN1CCOCC1)NCCN1CCCC(C)C1.I. The van der Waals surface area contributed by atoms with Crippen molar-refractivity contribution in [2.24, 2.45) is 10.9 Å². The Hall–Kier alpha value is -0.120. The molecule has 0 aromatic rings. The first-order valence-corrected chi connectivity index (χ1v) is 9.82. The molecule has 0 radical (unpaired) electrons. The minimum atomic E-state index is 0. The summed E-state index contributed by atoms with van der Waals surface area (Å²) >= 11 is 0. The third kappa shape index (κ3) is 9.96. The zero-order valence-electron chi connectivity index (χ0n) is 16.1. The Morgan fingerprint density at radius 1 is 1.12 bits per heavy atom. The van der Waals surface area contributed by atoms with Gasteiger partial charge in [-0.25, -0.2) is 0 Å². The van der Waals surface area contributed by atoms with E-state index < -0.39 is 0 Å². The molecule has 2 heterocycles. The number of likely N-dealkylation sites (tertiary alicyclic amines) is 1. The molecule has 148 valence electrons. The van der Waals surface area contributed by atoms with Gasteiger partial charge in [-0.1, -0.05) is 6.92 Å². The first-order valence-electron chi connectivity index (χ1n) is 9.82. The van der Waals surface area contributed by atoms with Crippen LogP contribution in [0.3, 0.4) is 0 Å². The van der Waals surface area contributed by atoms with Gasteiger partial charge in [-0.05, 0) is 38.6 Å². The molecule has 2 fully saturated rings. The third-order valence-electron chi connectivity index (χ3n) is 4.81. The minimum Gasteiger partial charge on any atom is -0.379 e. The Labute approximate surface area is 171 Å². The molecule has 0 saturated carbocycles. The molecule has 7 heteroatoms. The van der Waals surface area contributed by atoms with Gasteiger partial charge in [0.1, 0.15) is 0 Å². The smallest absolute Gasteiger partial charge is 0.191 e. The third-order valence-corrected chi connectivity index (χ3v) is 4.81. The standard InChI is InChI=1S/C18H37N5O.HI/c1-3-19-18(20-7-5-10-22-12-14-24-15-13-22)21-8-11-23-9-4-6-17(2)16-23;/h17H,3-16H2,1-2H3,(H2,19,20,21);1H. The number of piperidine rings is 1. The van der Waals surface area contributed by atoms with Gasteiger partial charge in [0.2, 0.25) is 0 Å². The van der Waals surface area contributed by atoms with Gasteiger partial charge in [-0.3, -0.25) is 9.89 Å².